The molecule has 0 saturated carbocycles. The van der Waals surface area contributed by atoms with Crippen LogP contribution in [0.4, 0.5) is 4.79 Å². The van der Waals surface area contributed by atoms with Gasteiger partial charge in [0.05, 0.1) is 6.10 Å². The van der Waals surface area contributed by atoms with E-state index >= 15 is 0 Å². The van der Waals surface area contributed by atoms with Crippen LogP contribution in [-0.4, -0.2) is 23.8 Å². The van der Waals surface area contributed by atoms with Crippen molar-refractivity contribution in [3.8, 4) is 0 Å². The lowest BCUT2D eigenvalue weighted by Gasteiger charge is -2.24. The van der Waals surface area contributed by atoms with E-state index in [1.165, 1.54) is 0 Å². The van der Waals surface area contributed by atoms with E-state index in [2.05, 4.69) is 5.32 Å². The fraction of sp³-hybridized carbons (Fsp3) is 0.529. The second-order valence-corrected chi connectivity index (χ2v) is 6.15. The first-order valence-electron chi connectivity index (χ1n) is 7.48. The molecular weight excluding hydrogens is 282 g/mol. The van der Waals surface area contributed by atoms with Gasteiger partial charge in [-0.05, 0) is 39.7 Å². The zero-order chi connectivity index (χ0) is 16.8. The number of alkyl carbamates (subject to hydrolysis) is 1. The second-order valence-electron chi connectivity index (χ2n) is 6.15. The Morgan fingerprint density at radius 1 is 1.18 bits per heavy atom. The van der Waals surface area contributed by atoms with Gasteiger partial charge in [-0.1, -0.05) is 37.3 Å². The number of esters is 1. The first-order chi connectivity index (χ1) is 10.2. The summed E-state index contributed by atoms with van der Waals surface area (Å²) >= 11 is 0. The fourth-order valence-electron chi connectivity index (χ4n) is 1.70. The van der Waals surface area contributed by atoms with Crippen LogP contribution in [-0.2, 0) is 14.3 Å². The average Bonchev–Trinajstić information content (AvgIpc) is 2.43. The van der Waals surface area contributed by atoms with Gasteiger partial charge in [0.2, 0.25) is 0 Å². The summed E-state index contributed by atoms with van der Waals surface area (Å²) < 4.78 is 10.6. The molecule has 0 saturated heterocycles. The summed E-state index contributed by atoms with van der Waals surface area (Å²) in [6.45, 7) is 9.04. The Hall–Kier alpha value is -2.04. The van der Waals surface area contributed by atoms with Crippen molar-refractivity contribution < 1.29 is 19.1 Å². The number of nitrogens with one attached hydrogen (secondary N) is 1. The Kier molecular flexibility index (Phi) is 6.40. The smallest absolute Gasteiger partial charge is 0.408 e. The van der Waals surface area contributed by atoms with Gasteiger partial charge in [-0.2, -0.15) is 0 Å². The maximum absolute atomic E-state index is 12.3. The minimum Gasteiger partial charge on any atom is -0.461 e. The van der Waals surface area contributed by atoms with Gasteiger partial charge < -0.3 is 14.8 Å². The standard InChI is InChI=1S/C17H25NO4/c1-6-12(2)21-15(19)14(13-10-8-7-9-11-13)18-16(20)22-17(3,4)5/h7-12,14H,6H2,1-5H3,(H,18,20). The number of benzene rings is 1. The van der Waals surface area contributed by atoms with Crippen LogP contribution in [0, 0.1) is 0 Å². The van der Waals surface area contributed by atoms with Crippen molar-refractivity contribution in [2.75, 3.05) is 0 Å². The van der Waals surface area contributed by atoms with Crippen LogP contribution in [0.3, 0.4) is 0 Å². The quantitative estimate of drug-likeness (QED) is 0.844. The van der Waals surface area contributed by atoms with E-state index in [-0.39, 0.29) is 6.10 Å². The molecule has 0 bridgehead atoms. The molecule has 1 rings (SSSR count). The summed E-state index contributed by atoms with van der Waals surface area (Å²) in [6, 6.07) is 8.09. The SMILES string of the molecule is CCC(C)OC(=O)C(NC(=O)OC(C)(C)C)c1ccccc1. The predicted molar refractivity (Wildman–Crippen MR) is 84.4 cm³/mol. The topological polar surface area (TPSA) is 64.6 Å². The van der Waals surface area contributed by atoms with E-state index in [0.29, 0.717) is 12.0 Å². The molecule has 0 radical (unpaired) electrons. The van der Waals surface area contributed by atoms with E-state index in [0.717, 1.165) is 0 Å². The normalized spacial score (nSPS) is 13.9. The van der Waals surface area contributed by atoms with E-state index < -0.39 is 23.7 Å². The highest BCUT2D eigenvalue weighted by molar-refractivity contribution is 5.83. The van der Waals surface area contributed by atoms with Crippen molar-refractivity contribution in [1.82, 2.24) is 5.32 Å². The van der Waals surface area contributed by atoms with Gasteiger partial charge in [0.15, 0.2) is 6.04 Å². The molecule has 2 atom stereocenters. The van der Waals surface area contributed by atoms with E-state index in [4.69, 9.17) is 9.47 Å². The Balaban J connectivity index is 2.88. The lowest BCUT2D eigenvalue weighted by atomic mass is 10.1. The molecule has 5 heteroatoms. The highest BCUT2D eigenvalue weighted by Gasteiger charge is 2.27. The van der Waals surface area contributed by atoms with Crippen molar-refractivity contribution in [1.29, 1.82) is 0 Å². The molecule has 0 aliphatic carbocycles. The molecule has 0 aliphatic rings. The van der Waals surface area contributed by atoms with Crippen LogP contribution in [0.5, 0.6) is 0 Å². The number of rotatable bonds is 5. The van der Waals surface area contributed by atoms with Crippen LogP contribution in [0.1, 0.15) is 52.6 Å². The molecule has 2 unspecified atom stereocenters. The van der Waals surface area contributed by atoms with Crippen LogP contribution >= 0.6 is 0 Å². The zero-order valence-corrected chi connectivity index (χ0v) is 13.9. The number of ether oxygens (including phenoxy) is 2. The highest BCUT2D eigenvalue weighted by atomic mass is 16.6. The summed E-state index contributed by atoms with van der Waals surface area (Å²) in [7, 11) is 0. The molecule has 0 aromatic heterocycles. The van der Waals surface area contributed by atoms with E-state index in [1.54, 1.807) is 45.0 Å². The highest BCUT2D eigenvalue weighted by Crippen LogP contribution is 2.17. The molecule has 0 fully saturated rings. The van der Waals surface area contributed by atoms with Crippen molar-refractivity contribution in [2.45, 2.75) is 58.8 Å². The molecule has 0 spiro atoms. The summed E-state index contributed by atoms with van der Waals surface area (Å²) in [6.07, 6.45) is -0.152. The maximum atomic E-state index is 12.3. The average molecular weight is 307 g/mol. The van der Waals surface area contributed by atoms with Gasteiger partial charge in [0.25, 0.3) is 0 Å². The van der Waals surface area contributed by atoms with Crippen LogP contribution < -0.4 is 5.32 Å². The molecule has 122 valence electrons. The van der Waals surface area contributed by atoms with Gasteiger partial charge in [-0.15, -0.1) is 0 Å². The zero-order valence-electron chi connectivity index (χ0n) is 13.9. The summed E-state index contributed by atoms with van der Waals surface area (Å²) in [5, 5.41) is 2.58. The lowest BCUT2D eigenvalue weighted by molar-refractivity contribution is -0.151. The maximum Gasteiger partial charge on any atom is 0.408 e. The predicted octanol–water partition coefficient (Wildman–Crippen LogP) is 3.59. The lowest BCUT2D eigenvalue weighted by Crippen LogP contribution is -2.39. The number of hydrogen-bond acceptors (Lipinski definition) is 4. The largest absolute Gasteiger partial charge is 0.461 e. The minimum absolute atomic E-state index is 0.209. The molecular formula is C17H25NO4. The van der Waals surface area contributed by atoms with E-state index in [1.807, 2.05) is 19.9 Å². The molecule has 5 nitrogen and oxygen atoms in total. The Labute approximate surface area is 132 Å². The third-order valence-electron chi connectivity index (χ3n) is 2.92. The Morgan fingerprint density at radius 2 is 1.77 bits per heavy atom. The number of carbonyl (C=O) groups excluding carboxylic acids is 2. The van der Waals surface area contributed by atoms with Gasteiger partial charge >= 0.3 is 12.1 Å². The summed E-state index contributed by atoms with van der Waals surface area (Å²) in [5.74, 6) is -0.494. The van der Waals surface area contributed by atoms with Crippen molar-refractivity contribution >= 4 is 12.1 Å². The van der Waals surface area contributed by atoms with E-state index in [9.17, 15) is 9.59 Å². The molecule has 1 aromatic rings. The molecule has 1 N–H and O–H groups in total. The van der Waals surface area contributed by atoms with Crippen molar-refractivity contribution in [3.63, 3.8) is 0 Å². The molecule has 0 heterocycles. The van der Waals surface area contributed by atoms with Crippen LogP contribution in [0.15, 0.2) is 30.3 Å². The number of carbonyl (C=O) groups is 2. The van der Waals surface area contributed by atoms with Crippen molar-refractivity contribution in [3.05, 3.63) is 35.9 Å². The monoisotopic (exact) mass is 307 g/mol. The van der Waals surface area contributed by atoms with Gasteiger partial charge in [0.1, 0.15) is 5.60 Å². The van der Waals surface area contributed by atoms with Gasteiger partial charge in [0, 0.05) is 0 Å². The summed E-state index contributed by atoms with van der Waals surface area (Å²) in [4.78, 5) is 24.3. The van der Waals surface area contributed by atoms with Gasteiger partial charge in [-0.25, -0.2) is 9.59 Å². The molecule has 1 amide bonds. The Morgan fingerprint density at radius 3 is 2.27 bits per heavy atom. The third-order valence-corrected chi connectivity index (χ3v) is 2.92. The van der Waals surface area contributed by atoms with Crippen LogP contribution in [0.2, 0.25) is 0 Å². The summed E-state index contributed by atoms with van der Waals surface area (Å²) in [5.41, 5.74) is 0.0213. The van der Waals surface area contributed by atoms with Crippen LogP contribution in [0.25, 0.3) is 0 Å². The molecule has 22 heavy (non-hydrogen) atoms. The first-order valence-corrected chi connectivity index (χ1v) is 7.48. The first kappa shape index (κ1) is 18.0. The fourth-order valence-corrected chi connectivity index (χ4v) is 1.70. The third kappa shape index (κ3) is 6.16. The number of hydrogen-bond donors (Lipinski definition) is 1. The number of amides is 1. The molecule has 0 aliphatic heterocycles. The van der Waals surface area contributed by atoms with Gasteiger partial charge in [-0.3, -0.25) is 0 Å². The van der Waals surface area contributed by atoms with Crippen molar-refractivity contribution in [2.24, 2.45) is 0 Å². The minimum atomic E-state index is -0.884. The Bertz CT molecular complexity index is 493. The second kappa shape index (κ2) is 7.82. The molecule has 1 aromatic carbocycles.